The number of carboxylic acids is 1. The van der Waals surface area contributed by atoms with Gasteiger partial charge in [-0.1, -0.05) is 58.7 Å². The quantitative estimate of drug-likeness (QED) is 0.676. The Kier molecular flexibility index (Phi) is 5.12. The molecule has 2 amide bonds. The van der Waals surface area contributed by atoms with Gasteiger partial charge in [-0.2, -0.15) is 0 Å². The summed E-state index contributed by atoms with van der Waals surface area (Å²) in [5.74, 6) is -0.915. The lowest BCUT2D eigenvalue weighted by atomic mass is 9.72. The average molecular weight is 410 g/mol. The van der Waals surface area contributed by atoms with Crippen molar-refractivity contribution in [2.45, 2.75) is 70.9 Å². The monoisotopic (exact) mass is 409 g/mol. The van der Waals surface area contributed by atoms with E-state index >= 15 is 0 Å². The van der Waals surface area contributed by atoms with Crippen LogP contribution < -0.4 is 5.32 Å². The van der Waals surface area contributed by atoms with Crippen LogP contribution in [0, 0.1) is 5.92 Å². The number of urea groups is 1. The lowest BCUT2D eigenvalue weighted by Gasteiger charge is -2.42. The molecular formula is C24H31N3O3. The zero-order valence-electron chi connectivity index (χ0n) is 18.2. The van der Waals surface area contributed by atoms with Gasteiger partial charge in [0.05, 0.1) is 11.3 Å². The van der Waals surface area contributed by atoms with E-state index in [4.69, 9.17) is 0 Å². The maximum absolute atomic E-state index is 13.4. The summed E-state index contributed by atoms with van der Waals surface area (Å²) >= 11 is 0. The lowest BCUT2D eigenvalue weighted by molar-refractivity contribution is -0.130. The molecule has 1 aromatic carbocycles. The van der Waals surface area contributed by atoms with Gasteiger partial charge in [-0.15, -0.1) is 0 Å². The van der Waals surface area contributed by atoms with E-state index in [1.165, 1.54) is 0 Å². The van der Waals surface area contributed by atoms with E-state index in [1.807, 2.05) is 24.3 Å². The molecule has 1 fully saturated rings. The Bertz CT molecular complexity index is 1010. The Balaban J connectivity index is 1.90. The number of hydrogen-bond donors (Lipinski definition) is 3. The number of aliphatic carboxylic acids is 1. The summed E-state index contributed by atoms with van der Waals surface area (Å²) in [5, 5.41) is 14.2. The van der Waals surface area contributed by atoms with Crippen molar-refractivity contribution in [1.29, 1.82) is 0 Å². The highest BCUT2D eigenvalue weighted by Gasteiger charge is 2.45. The van der Waals surface area contributed by atoms with Crippen LogP contribution in [0.2, 0.25) is 0 Å². The summed E-state index contributed by atoms with van der Waals surface area (Å²) in [6.07, 6.45) is 5.75. The summed E-state index contributed by atoms with van der Waals surface area (Å²) in [6.45, 7) is 8.42. The summed E-state index contributed by atoms with van der Waals surface area (Å²) in [7, 11) is 0. The first-order valence-electron chi connectivity index (χ1n) is 10.9. The fraction of sp³-hybridized carbons (Fsp3) is 0.500. The number of nitrogens with zero attached hydrogens (tertiary/aromatic N) is 1. The van der Waals surface area contributed by atoms with Crippen LogP contribution in [0.3, 0.4) is 0 Å². The summed E-state index contributed by atoms with van der Waals surface area (Å²) in [5.41, 5.74) is 2.12. The summed E-state index contributed by atoms with van der Waals surface area (Å²) in [4.78, 5) is 30.7. The standard InChI is InChI=1S/C24H31N3O3/c1-14(2)21-24(3,4)19-16-11-7-8-12-18(16)26-20(19)17(22(28)29)13-27(21)23(30)25-15-9-5-6-10-15/h7-8,11-15,21,26H,5-6,9-10H2,1-4H3,(H,25,30)(H,28,29). The lowest BCUT2D eigenvalue weighted by Crippen LogP contribution is -2.54. The molecule has 0 radical (unpaired) electrons. The highest BCUT2D eigenvalue weighted by molar-refractivity contribution is 6.17. The molecule has 1 aliphatic carbocycles. The van der Waals surface area contributed by atoms with Crippen molar-refractivity contribution in [3.8, 4) is 0 Å². The van der Waals surface area contributed by atoms with Gasteiger partial charge < -0.3 is 15.4 Å². The largest absolute Gasteiger partial charge is 0.478 e. The van der Waals surface area contributed by atoms with Crippen LogP contribution in [0.25, 0.3) is 16.5 Å². The topological polar surface area (TPSA) is 85.4 Å². The van der Waals surface area contributed by atoms with Gasteiger partial charge in [0.2, 0.25) is 0 Å². The Morgan fingerprint density at radius 3 is 2.50 bits per heavy atom. The second-order valence-corrected chi connectivity index (χ2v) is 9.52. The minimum atomic E-state index is -1.04. The molecule has 0 spiro atoms. The molecule has 1 aromatic heterocycles. The van der Waals surface area contributed by atoms with Crippen molar-refractivity contribution >= 4 is 28.5 Å². The highest BCUT2D eigenvalue weighted by Crippen LogP contribution is 2.45. The molecule has 0 bridgehead atoms. The molecular weight excluding hydrogens is 378 g/mol. The minimum Gasteiger partial charge on any atom is -0.478 e. The number of carbonyl (C=O) groups excluding carboxylic acids is 1. The highest BCUT2D eigenvalue weighted by atomic mass is 16.4. The molecule has 2 aromatic rings. The number of para-hydroxylation sites is 1. The van der Waals surface area contributed by atoms with Crippen molar-refractivity contribution in [2.24, 2.45) is 5.92 Å². The summed E-state index contributed by atoms with van der Waals surface area (Å²) in [6, 6.07) is 7.66. The fourth-order valence-corrected chi connectivity index (χ4v) is 5.61. The number of nitrogens with one attached hydrogen (secondary N) is 2. The number of rotatable bonds is 3. The molecule has 1 aliphatic heterocycles. The number of fused-ring (bicyclic) bond motifs is 3. The van der Waals surface area contributed by atoms with Gasteiger partial charge in [0, 0.05) is 34.6 Å². The predicted octanol–water partition coefficient (Wildman–Crippen LogP) is 4.86. The molecule has 1 atom stereocenters. The van der Waals surface area contributed by atoms with E-state index in [0.717, 1.165) is 42.1 Å². The molecule has 30 heavy (non-hydrogen) atoms. The molecule has 2 heterocycles. The Hall–Kier alpha value is -2.76. The molecule has 160 valence electrons. The number of aromatic amines is 1. The molecule has 1 unspecified atom stereocenters. The van der Waals surface area contributed by atoms with Crippen LogP contribution >= 0.6 is 0 Å². The predicted molar refractivity (Wildman–Crippen MR) is 118 cm³/mol. The van der Waals surface area contributed by atoms with Gasteiger partial charge >= 0.3 is 12.0 Å². The summed E-state index contributed by atoms with van der Waals surface area (Å²) < 4.78 is 0. The van der Waals surface area contributed by atoms with Gasteiger partial charge in [-0.05, 0) is 30.4 Å². The van der Waals surface area contributed by atoms with E-state index in [-0.39, 0.29) is 29.6 Å². The van der Waals surface area contributed by atoms with Crippen molar-refractivity contribution in [2.75, 3.05) is 0 Å². The molecule has 4 rings (SSSR count). The van der Waals surface area contributed by atoms with Crippen LogP contribution in [-0.2, 0) is 10.2 Å². The molecule has 0 saturated heterocycles. The zero-order valence-corrected chi connectivity index (χ0v) is 18.2. The van der Waals surface area contributed by atoms with E-state index in [2.05, 4.69) is 38.0 Å². The van der Waals surface area contributed by atoms with Gasteiger partial charge in [0.1, 0.15) is 0 Å². The Morgan fingerprint density at radius 2 is 1.87 bits per heavy atom. The third-order valence-electron chi connectivity index (χ3n) is 6.71. The van der Waals surface area contributed by atoms with E-state index in [1.54, 1.807) is 11.1 Å². The van der Waals surface area contributed by atoms with E-state index in [9.17, 15) is 14.7 Å². The van der Waals surface area contributed by atoms with Crippen molar-refractivity contribution < 1.29 is 14.7 Å². The Morgan fingerprint density at radius 1 is 1.20 bits per heavy atom. The fourth-order valence-electron chi connectivity index (χ4n) is 5.61. The number of amides is 2. The van der Waals surface area contributed by atoms with Crippen molar-refractivity contribution in [3.05, 3.63) is 41.7 Å². The van der Waals surface area contributed by atoms with Crippen molar-refractivity contribution in [1.82, 2.24) is 15.2 Å². The van der Waals surface area contributed by atoms with Crippen LogP contribution in [0.15, 0.2) is 30.5 Å². The number of carbonyl (C=O) groups is 2. The van der Waals surface area contributed by atoms with Gasteiger partial charge in [0.25, 0.3) is 0 Å². The van der Waals surface area contributed by atoms with Crippen LogP contribution in [0.5, 0.6) is 0 Å². The van der Waals surface area contributed by atoms with Gasteiger partial charge in [-0.3, -0.25) is 4.90 Å². The first-order valence-corrected chi connectivity index (χ1v) is 10.9. The number of H-pyrrole nitrogens is 1. The SMILES string of the molecule is CC(C)C1N(C(=O)NC2CCCC2)C=C(C(=O)O)c2[nH]c3ccccc3c2C1(C)C. The van der Waals surface area contributed by atoms with Crippen LogP contribution in [0.1, 0.15) is 64.6 Å². The number of benzene rings is 1. The smallest absolute Gasteiger partial charge is 0.339 e. The molecule has 2 aliphatic rings. The Labute approximate surface area is 177 Å². The van der Waals surface area contributed by atoms with Gasteiger partial charge in [0.15, 0.2) is 0 Å². The van der Waals surface area contributed by atoms with Gasteiger partial charge in [-0.25, -0.2) is 9.59 Å². The molecule has 6 heteroatoms. The first kappa shape index (κ1) is 20.5. The second kappa shape index (κ2) is 7.49. The maximum Gasteiger partial charge on any atom is 0.339 e. The normalized spacial score (nSPS) is 21.4. The van der Waals surface area contributed by atoms with Crippen LogP contribution in [0.4, 0.5) is 4.79 Å². The molecule has 1 saturated carbocycles. The first-order chi connectivity index (χ1) is 14.2. The third-order valence-corrected chi connectivity index (χ3v) is 6.71. The number of carboxylic acid groups (broad SMARTS) is 1. The maximum atomic E-state index is 13.4. The minimum absolute atomic E-state index is 0.124. The van der Waals surface area contributed by atoms with E-state index < -0.39 is 11.4 Å². The average Bonchev–Trinajstić information content (AvgIpc) is 3.29. The van der Waals surface area contributed by atoms with E-state index in [0.29, 0.717) is 5.69 Å². The van der Waals surface area contributed by atoms with Crippen molar-refractivity contribution in [3.63, 3.8) is 0 Å². The molecule has 6 nitrogen and oxygen atoms in total. The second-order valence-electron chi connectivity index (χ2n) is 9.52. The molecule has 3 N–H and O–H groups in total. The number of hydrogen-bond acceptors (Lipinski definition) is 2. The zero-order chi connectivity index (χ0) is 21.6. The number of aromatic nitrogens is 1. The van der Waals surface area contributed by atoms with Crippen LogP contribution in [-0.4, -0.2) is 39.1 Å². The third kappa shape index (κ3) is 3.28.